The first-order valence-electron chi connectivity index (χ1n) is 9.30. The molecule has 8 heteroatoms. The van der Waals surface area contributed by atoms with Gasteiger partial charge in [-0.25, -0.2) is 4.39 Å². The number of nitrogens with zero attached hydrogens (tertiary/aromatic N) is 1. The van der Waals surface area contributed by atoms with Crippen molar-refractivity contribution in [2.45, 2.75) is 32.0 Å². The molecule has 0 aromatic heterocycles. The fourth-order valence-corrected chi connectivity index (χ4v) is 3.76. The van der Waals surface area contributed by atoms with E-state index < -0.39 is 11.9 Å². The number of amides is 3. The van der Waals surface area contributed by atoms with Crippen LogP contribution in [0.25, 0.3) is 0 Å². The molecule has 0 bridgehead atoms. The summed E-state index contributed by atoms with van der Waals surface area (Å²) in [5, 5.41) is 5.48. The number of anilines is 1. The number of rotatable bonds is 5. The van der Waals surface area contributed by atoms with Gasteiger partial charge < -0.3 is 15.0 Å². The highest BCUT2D eigenvalue weighted by Gasteiger charge is 2.39. The summed E-state index contributed by atoms with van der Waals surface area (Å²) in [7, 11) is 1.52. The lowest BCUT2D eigenvalue weighted by Crippen LogP contribution is -2.52. The van der Waals surface area contributed by atoms with Crippen LogP contribution in [0.5, 0.6) is 5.75 Å². The number of carbonyl (C=O) groups is 3. The highest BCUT2D eigenvalue weighted by atomic mass is 19.1. The van der Waals surface area contributed by atoms with Gasteiger partial charge in [-0.2, -0.15) is 0 Å². The van der Waals surface area contributed by atoms with E-state index in [1.54, 1.807) is 24.3 Å². The zero-order chi connectivity index (χ0) is 20.5. The molecule has 0 radical (unpaired) electrons. The monoisotopic (exact) mass is 397 g/mol. The average molecular weight is 397 g/mol. The van der Waals surface area contributed by atoms with Gasteiger partial charge in [-0.15, -0.1) is 0 Å². The Morgan fingerprint density at radius 2 is 2.07 bits per heavy atom. The van der Waals surface area contributed by atoms with E-state index in [1.165, 1.54) is 18.1 Å². The van der Waals surface area contributed by atoms with Crippen molar-refractivity contribution in [1.82, 2.24) is 10.2 Å². The number of ether oxygens (including phenoxy) is 1. The lowest BCUT2D eigenvalue weighted by Gasteiger charge is -2.29. The quantitative estimate of drug-likeness (QED) is 0.756. The molecule has 3 amide bonds. The summed E-state index contributed by atoms with van der Waals surface area (Å²) in [6.45, 7) is 0.469. The van der Waals surface area contributed by atoms with Crippen molar-refractivity contribution in [2.24, 2.45) is 0 Å². The summed E-state index contributed by atoms with van der Waals surface area (Å²) in [6.07, 6.45) is 0.513. The standard InChI is InChI=1S/C21H20FN3O4/c1-29-13-5-6-16(22)12(9-13)10-23-17-4-2-3-14-15(17)11-25(21(14)28)18-7-8-19(26)24-20(18)27/h2-6,9,18,23H,7-8,10-11H2,1H3,(H,24,26,27)/t18-/m1/s1. The van der Waals surface area contributed by atoms with Gasteiger partial charge in [-0.05, 0) is 36.8 Å². The van der Waals surface area contributed by atoms with Crippen LogP contribution in [0.3, 0.4) is 0 Å². The van der Waals surface area contributed by atoms with Gasteiger partial charge in [0.1, 0.15) is 17.6 Å². The number of imide groups is 1. The topological polar surface area (TPSA) is 87.7 Å². The van der Waals surface area contributed by atoms with Crippen molar-refractivity contribution in [1.29, 1.82) is 0 Å². The van der Waals surface area contributed by atoms with Crippen LogP contribution in [-0.2, 0) is 22.7 Å². The second kappa shape index (κ2) is 7.54. The first-order chi connectivity index (χ1) is 14.0. The maximum Gasteiger partial charge on any atom is 0.255 e. The SMILES string of the molecule is COc1ccc(F)c(CNc2cccc3c2CN([C@@H]2CCC(=O)NC2=O)C3=O)c1. The minimum absolute atomic E-state index is 0.205. The Bertz CT molecular complexity index is 1010. The van der Waals surface area contributed by atoms with E-state index in [1.807, 2.05) is 6.07 Å². The zero-order valence-electron chi connectivity index (χ0n) is 15.8. The molecule has 1 atom stereocenters. The predicted molar refractivity (Wildman–Crippen MR) is 103 cm³/mol. The Labute approximate surface area is 166 Å². The highest BCUT2D eigenvalue weighted by molar-refractivity contribution is 6.06. The average Bonchev–Trinajstić information content (AvgIpc) is 3.04. The fourth-order valence-electron chi connectivity index (χ4n) is 3.76. The summed E-state index contributed by atoms with van der Waals surface area (Å²) < 4.78 is 19.2. The summed E-state index contributed by atoms with van der Waals surface area (Å²) in [5.74, 6) is -0.813. The number of hydrogen-bond acceptors (Lipinski definition) is 5. The molecular weight excluding hydrogens is 377 g/mol. The molecule has 29 heavy (non-hydrogen) atoms. The zero-order valence-corrected chi connectivity index (χ0v) is 15.8. The third kappa shape index (κ3) is 3.53. The molecule has 2 aromatic carbocycles. The van der Waals surface area contributed by atoms with E-state index in [-0.39, 0.29) is 37.1 Å². The molecule has 2 aromatic rings. The van der Waals surface area contributed by atoms with Gasteiger partial charge in [0.15, 0.2) is 0 Å². The third-order valence-electron chi connectivity index (χ3n) is 5.30. The van der Waals surface area contributed by atoms with Crippen molar-refractivity contribution in [3.8, 4) is 5.75 Å². The van der Waals surface area contributed by atoms with E-state index in [9.17, 15) is 18.8 Å². The van der Waals surface area contributed by atoms with Gasteiger partial charge >= 0.3 is 0 Å². The van der Waals surface area contributed by atoms with Gasteiger partial charge in [0.05, 0.1) is 7.11 Å². The fraction of sp³-hybridized carbons (Fsp3) is 0.286. The molecule has 2 aliphatic rings. The van der Waals surface area contributed by atoms with Gasteiger partial charge in [-0.1, -0.05) is 6.07 Å². The van der Waals surface area contributed by atoms with Crippen LogP contribution in [0, 0.1) is 5.82 Å². The van der Waals surface area contributed by atoms with Crippen LogP contribution in [0.15, 0.2) is 36.4 Å². The molecule has 7 nitrogen and oxygen atoms in total. The maximum absolute atomic E-state index is 14.1. The second-order valence-corrected chi connectivity index (χ2v) is 7.04. The molecule has 2 aliphatic heterocycles. The summed E-state index contributed by atoms with van der Waals surface area (Å²) in [4.78, 5) is 37.9. The Morgan fingerprint density at radius 3 is 2.83 bits per heavy atom. The molecule has 0 spiro atoms. The van der Waals surface area contributed by atoms with Crippen LogP contribution in [-0.4, -0.2) is 35.8 Å². The number of piperidine rings is 1. The van der Waals surface area contributed by atoms with Crippen molar-refractivity contribution < 1.29 is 23.5 Å². The number of halogens is 1. The predicted octanol–water partition coefficient (Wildman–Crippen LogP) is 2.21. The number of benzene rings is 2. The summed E-state index contributed by atoms with van der Waals surface area (Å²) >= 11 is 0. The Kier molecular flexibility index (Phi) is 4.92. The Morgan fingerprint density at radius 1 is 1.24 bits per heavy atom. The highest BCUT2D eigenvalue weighted by Crippen LogP contribution is 2.32. The van der Waals surface area contributed by atoms with Gasteiger partial charge in [0, 0.05) is 41.9 Å². The van der Waals surface area contributed by atoms with Gasteiger partial charge in [0.25, 0.3) is 5.91 Å². The third-order valence-corrected chi connectivity index (χ3v) is 5.30. The number of carbonyl (C=O) groups excluding carboxylic acids is 3. The first-order valence-corrected chi connectivity index (χ1v) is 9.30. The summed E-state index contributed by atoms with van der Waals surface area (Å²) in [6, 6.07) is 9.12. The Balaban J connectivity index is 1.54. The number of nitrogens with one attached hydrogen (secondary N) is 2. The molecule has 2 heterocycles. The van der Waals surface area contributed by atoms with Crippen molar-refractivity contribution in [3.63, 3.8) is 0 Å². The van der Waals surface area contributed by atoms with Crippen molar-refractivity contribution >= 4 is 23.4 Å². The molecule has 150 valence electrons. The largest absolute Gasteiger partial charge is 0.497 e. The molecule has 4 rings (SSSR count). The van der Waals surface area contributed by atoms with E-state index in [2.05, 4.69) is 10.6 Å². The van der Waals surface area contributed by atoms with E-state index >= 15 is 0 Å². The van der Waals surface area contributed by atoms with E-state index in [4.69, 9.17) is 4.74 Å². The Hall–Kier alpha value is -3.42. The molecular formula is C21H20FN3O4. The van der Waals surface area contributed by atoms with Crippen LogP contribution in [0.2, 0.25) is 0 Å². The maximum atomic E-state index is 14.1. The molecule has 1 fully saturated rings. The lowest BCUT2D eigenvalue weighted by atomic mass is 10.0. The number of methoxy groups -OCH3 is 1. The smallest absolute Gasteiger partial charge is 0.255 e. The van der Waals surface area contributed by atoms with E-state index in [0.29, 0.717) is 29.0 Å². The molecule has 0 aliphatic carbocycles. The number of hydrogen-bond donors (Lipinski definition) is 2. The first kappa shape index (κ1) is 18.9. The lowest BCUT2D eigenvalue weighted by molar-refractivity contribution is -0.136. The molecule has 1 saturated heterocycles. The van der Waals surface area contributed by atoms with Crippen LogP contribution in [0.4, 0.5) is 10.1 Å². The van der Waals surface area contributed by atoms with Crippen molar-refractivity contribution in [3.05, 3.63) is 58.9 Å². The van der Waals surface area contributed by atoms with Crippen LogP contribution >= 0.6 is 0 Å². The molecule has 0 unspecified atom stereocenters. The second-order valence-electron chi connectivity index (χ2n) is 7.04. The van der Waals surface area contributed by atoms with Gasteiger partial charge in [-0.3, -0.25) is 19.7 Å². The van der Waals surface area contributed by atoms with E-state index in [0.717, 1.165) is 5.56 Å². The minimum Gasteiger partial charge on any atom is -0.497 e. The normalized spacial score (nSPS) is 18.5. The number of fused-ring (bicyclic) bond motifs is 1. The van der Waals surface area contributed by atoms with Crippen molar-refractivity contribution in [2.75, 3.05) is 12.4 Å². The van der Waals surface area contributed by atoms with Gasteiger partial charge in [0.2, 0.25) is 11.8 Å². The van der Waals surface area contributed by atoms with Crippen LogP contribution in [0.1, 0.15) is 34.3 Å². The van der Waals surface area contributed by atoms with Crippen LogP contribution < -0.4 is 15.4 Å². The molecule has 0 saturated carbocycles. The molecule has 2 N–H and O–H groups in total. The summed E-state index contributed by atoms with van der Waals surface area (Å²) in [5.41, 5.74) is 2.40. The minimum atomic E-state index is -0.670.